The number of nitrogens with one attached hydrogen (secondary N) is 2. The fourth-order valence-electron chi connectivity index (χ4n) is 7.74. The van der Waals surface area contributed by atoms with Gasteiger partial charge >= 0.3 is 29.0 Å². The zero-order chi connectivity index (χ0) is 43.3. The molecule has 3 aliphatic heterocycles. The van der Waals surface area contributed by atoms with Crippen LogP contribution in [0.2, 0.25) is 0 Å². The number of nitrogens with zero attached hydrogens (tertiary/aromatic N) is 4. The Morgan fingerprint density at radius 2 is 1.42 bits per heavy atom. The third-order valence-electron chi connectivity index (χ3n) is 11.1. The van der Waals surface area contributed by atoms with Gasteiger partial charge < -0.3 is 47.6 Å². The van der Waals surface area contributed by atoms with Crippen molar-refractivity contribution in [2.24, 2.45) is 16.5 Å². The van der Waals surface area contributed by atoms with Crippen LogP contribution in [0.5, 0.6) is 0 Å². The fraction of sp³-hybridized carbons (Fsp3) is 0.465. The predicted molar refractivity (Wildman–Crippen MR) is 237 cm³/mol. The van der Waals surface area contributed by atoms with E-state index in [2.05, 4.69) is 31.4 Å². The smallest absolute Gasteiger partial charge is 0.675 e. The third kappa shape index (κ3) is 10.8. The van der Waals surface area contributed by atoms with E-state index in [4.69, 9.17) is 31.7 Å². The minimum absolute atomic E-state index is 0. The van der Waals surface area contributed by atoms with Crippen LogP contribution in [0, 0.1) is 13.8 Å². The van der Waals surface area contributed by atoms with E-state index in [0.29, 0.717) is 45.7 Å². The maximum Gasteiger partial charge on any atom is 6.00 e. The molecule has 17 heteroatoms. The quantitative estimate of drug-likeness (QED) is 0.125. The van der Waals surface area contributed by atoms with E-state index in [9.17, 15) is 29.4 Å². The number of aromatic nitrogens is 2. The van der Waals surface area contributed by atoms with E-state index < -0.39 is 30.1 Å². The molecule has 8 bridgehead atoms. The maximum atomic E-state index is 12.4. The SMILES string of the molecule is CCC1=C(C(C)SCC(N)C(=O)NC)C2C=c3[n-]c(c(CCC(=O)O)c3C)=CC3=NC(=Cc4[n-]c(c(C(C)SCC(N)C(=O)NC)c4C)C=C1[N-]2)C(C)=C3CCC(=O)O.[Fe+6]. The number of hydrogen-bond donors (Lipinski definition) is 6. The fourth-order valence-corrected chi connectivity index (χ4v) is 9.96. The first-order valence-corrected chi connectivity index (χ1v) is 21.9. The number of carbonyl (C=O) groups excluding carboxylic acids is 2. The number of carbonyl (C=O) groups is 4. The van der Waals surface area contributed by atoms with Gasteiger partial charge in [0, 0.05) is 48.9 Å². The van der Waals surface area contributed by atoms with Gasteiger partial charge in [-0.15, -0.1) is 33.9 Å². The average Bonchev–Trinajstić information content (AvgIpc) is 3.89. The minimum Gasteiger partial charge on any atom is -0.675 e. The Kier molecular flexibility index (Phi) is 17.0. The van der Waals surface area contributed by atoms with Crippen LogP contribution in [0.25, 0.3) is 29.6 Å². The monoisotopic (exact) mass is 899 g/mol. The number of aliphatic carboxylic acids is 2. The van der Waals surface area contributed by atoms with E-state index in [1.54, 1.807) is 37.6 Å². The van der Waals surface area contributed by atoms with Crippen molar-refractivity contribution in [1.82, 2.24) is 20.6 Å². The summed E-state index contributed by atoms with van der Waals surface area (Å²) < 4.78 is 0. The average molecular weight is 900 g/mol. The van der Waals surface area contributed by atoms with Crippen LogP contribution in [0.15, 0.2) is 38.7 Å². The minimum atomic E-state index is -0.933. The number of nitrogens with two attached hydrogens (primary N) is 2. The van der Waals surface area contributed by atoms with Crippen LogP contribution < -0.4 is 42.8 Å². The van der Waals surface area contributed by atoms with Crippen molar-refractivity contribution in [3.8, 4) is 0 Å². The summed E-state index contributed by atoms with van der Waals surface area (Å²) in [5.41, 5.74) is 23.1. The summed E-state index contributed by atoms with van der Waals surface area (Å²) in [7, 11) is 3.13. The second-order valence-electron chi connectivity index (χ2n) is 14.9. The van der Waals surface area contributed by atoms with Gasteiger partial charge in [-0.1, -0.05) is 59.0 Å². The second-order valence-corrected chi connectivity index (χ2v) is 17.7. The number of rotatable bonds is 17. The number of allylic oxidation sites excluding steroid dienone is 3. The molecule has 0 aliphatic carbocycles. The van der Waals surface area contributed by atoms with Gasteiger partial charge in [-0.05, 0) is 70.6 Å². The van der Waals surface area contributed by atoms with Gasteiger partial charge in [0.05, 0.1) is 23.5 Å². The Hall–Kier alpha value is -4.25. The first-order valence-electron chi connectivity index (χ1n) is 19.8. The van der Waals surface area contributed by atoms with Gasteiger partial charge in [-0.25, -0.2) is 4.99 Å². The number of hydrogen-bond acceptors (Lipinski definition) is 9. The molecule has 5 rings (SSSR count). The van der Waals surface area contributed by atoms with Crippen LogP contribution in [-0.2, 0) is 42.7 Å². The Morgan fingerprint density at radius 1 is 0.817 bits per heavy atom. The molecule has 0 fully saturated rings. The number of carboxylic acid groups (broad SMARTS) is 2. The Morgan fingerprint density at radius 3 is 2.00 bits per heavy atom. The van der Waals surface area contributed by atoms with E-state index in [0.717, 1.165) is 55.9 Å². The number of fused-ring (bicyclic) bond motifs is 7. The number of likely N-dealkylation sites (N-methyl/N-ethyl adjacent to an activating group) is 2. The second kappa shape index (κ2) is 21.0. The Balaban J connectivity index is 0.00000794. The van der Waals surface area contributed by atoms with Gasteiger partial charge in [-0.2, -0.15) is 23.5 Å². The molecule has 5 heterocycles. The standard InChI is InChI=1S/C43H58N8O6S2.Fe/c1-9-25-33-17-36-40(23(5)58-18-28(44)42(56)46-7)22(4)32(50-36)14-30-20(2)26(10-12-38(52)53)34(48-30)16-35-27(11-13-39(54)55)21(3)31(49-35)15-37(51-33)41(25)24(6)59-19-29(45)43(57)47-8;/h14-17,23-24,28-29,37H,9-13,18-19,44-45H2,1-8H3,(H7,46,47,48,49,50,51,52,53,54,55,56,57);/q;+6/p-3. The topological polar surface area (TPSA) is 239 Å². The molecule has 2 aromatic heterocycles. The van der Waals surface area contributed by atoms with E-state index >= 15 is 0 Å². The van der Waals surface area contributed by atoms with E-state index in [1.807, 2.05) is 45.1 Å². The Labute approximate surface area is 370 Å². The molecule has 0 saturated carbocycles. The van der Waals surface area contributed by atoms with Crippen LogP contribution in [0.1, 0.15) is 92.3 Å². The molecule has 5 atom stereocenters. The predicted octanol–water partition coefficient (Wildman–Crippen LogP) is 3.35. The molecule has 0 spiro atoms. The number of aliphatic imine (C=N–C) groups is 1. The molecule has 0 aromatic carbocycles. The van der Waals surface area contributed by atoms with Crippen molar-refractivity contribution in [1.29, 1.82) is 0 Å². The molecule has 8 N–H and O–H groups in total. The van der Waals surface area contributed by atoms with Gasteiger partial charge in [-0.3, -0.25) is 19.2 Å². The summed E-state index contributed by atoms with van der Waals surface area (Å²) in [6.07, 6.45) is 8.75. The Bertz CT molecular complexity index is 2300. The largest absolute Gasteiger partial charge is 6.00 e. The molecule has 5 unspecified atom stereocenters. The first-order chi connectivity index (χ1) is 28.0. The van der Waals surface area contributed by atoms with Crippen molar-refractivity contribution >= 4 is 77.3 Å². The van der Waals surface area contributed by atoms with Gasteiger partial charge in [0.2, 0.25) is 11.8 Å². The first kappa shape index (κ1) is 48.4. The van der Waals surface area contributed by atoms with Crippen LogP contribution in [0.3, 0.4) is 0 Å². The molecule has 60 heavy (non-hydrogen) atoms. The van der Waals surface area contributed by atoms with Gasteiger partial charge in [0.15, 0.2) is 0 Å². The molecular formula is C43H55FeN8O6S2+3. The summed E-state index contributed by atoms with van der Waals surface area (Å²) >= 11 is 3.14. The van der Waals surface area contributed by atoms with Crippen molar-refractivity contribution in [3.63, 3.8) is 0 Å². The molecule has 0 saturated heterocycles. The van der Waals surface area contributed by atoms with Crippen molar-refractivity contribution < 1.29 is 46.5 Å². The molecule has 0 radical (unpaired) electrons. The summed E-state index contributed by atoms with van der Waals surface area (Å²) in [5.74, 6) is -1.57. The van der Waals surface area contributed by atoms with Crippen LogP contribution in [-0.4, -0.2) is 88.7 Å². The van der Waals surface area contributed by atoms with Crippen molar-refractivity contribution in [2.75, 3.05) is 25.6 Å². The summed E-state index contributed by atoms with van der Waals surface area (Å²) in [6.45, 7) is 12.1. The van der Waals surface area contributed by atoms with Crippen molar-refractivity contribution in [2.45, 2.75) is 102 Å². The number of amides is 2. The normalized spacial score (nSPS) is 17.8. The van der Waals surface area contributed by atoms with E-state index in [-0.39, 0.29) is 65.1 Å². The van der Waals surface area contributed by atoms with Gasteiger partial charge in [0.1, 0.15) is 0 Å². The summed E-state index contributed by atoms with van der Waals surface area (Å²) in [4.78, 5) is 63.7. The molecule has 2 aromatic rings. The summed E-state index contributed by atoms with van der Waals surface area (Å²) in [6, 6.07) is -1.84. The zero-order valence-electron chi connectivity index (χ0n) is 35.3. The van der Waals surface area contributed by atoms with Crippen molar-refractivity contribution in [3.05, 3.63) is 83.3 Å². The summed E-state index contributed by atoms with van der Waals surface area (Å²) in [5, 5.41) is 31.0. The van der Waals surface area contributed by atoms with Crippen LogP contribution in [0.4, 0.5) is 0 Å². The maximum absolute atomic E-state index is 12.4. The van der Waals surface area contributed by atoms with Gasteiger partial charge in [0.25, 0.3) is 0 Å². The van der Waals surface area contributed by atoms with E-state index in [1.165, 1.54) is 0 Å². The molecule has 3 aliphatic rings. The third-order valence-corrected chi connectivity index (χ3v) is 13.7. The van der Waals surface area contributed by atoms with Crippen LogP contribution >= 0.6 is 23.5 Å². The number of carboxylic acids is 2. The number of thioether (sulfide) groups is 2. The molecular weight excluding hydrogens is 845 g/mol. The molecule has 2 amide bonds. The molecule has 14 nitrogen and oxygen atoms in total. The molecule has 320 valence electrons. The zero-order valence-corrected chi connectivity index (χ0v) is 38.0.